The van der Waals surface area contributed by atoms with Gasteiger partial charge in [-0.15, -0.1) is 0 Å². The second-order valence-electron chi connectivity index (χ2n) is 7.84. The summed E-state index contributed by atoms with van der Waals surface area (Å²) in [5.74, 6) is -0.668. The first kappa shape index (κ1) is 23.3. The Balaban J connectivity index is 1.29. The van der Waals surface area contributed by atoms with Crippen LogP contribution in [0.2, 0.25) is 0 Å². The monoisotopic (exact) mass is 501 g/mol. The van der Waals surface area contributed by atoms with Crippen LogP contribution in [0.4, 0.5) is 16.2 Å². The number of amides is 1. The maximum atomic E-state index is 13.0. The number of aromatic nitrogens is 1. The molecule has 5 rings (SSSR count). The van der Waals surface area contributed by atoms with Crippen LogP contribution < -0.4 is 10.0 Å². The second-order valence-corrected chi connectivity index (χ2v) is 8.80. The van der Waals surface area contributed by atoms with Crippen molar-refractivity contribution in [3.63, 3.8) is 0 Å². The molecule has 11 heteroatoms. The van der Waals surface area contributed by atoms with Gasteiger partial charge in [-0.3, -0.25) is 19.6 Å². The summed E-state index contributed by atoms with van der Waals surface area (Å²) >= 11 is 1.28. The molecule has 1 aliphatic rings. The summed E-state index contributed by atoms with van der Waals surface area (Å²) in [7, 11) is 0. The lowest BCUT2D eigenvalue weighted by Gasteiger charge is -2.09. The molecular weight excluding hydrogens is 482 g/mol. The van der Waals surface area contributed by atoms with E-state index in [0.717, 1.165) is 9.46 Å². The summed E-state index contributed by atoms with van der Waals surface area (Å²) in [5.41, 5.74) is 1.74. The van der Waals surface area contributed by atoms with Gasteiger partial charge in [-0.1, -0.05) is 30.3 Å². The molecule has 3 aromatic carbocycles. The summed E-state index contributed by atoms with van der Waals surface area (Å²) in [5, 5.41) is 25.1. The molecule has 0 atom stereocenters. The number of carbonyl (C=O) groups is 2. The van der Waals surface area contributed by atoms with Crippen molar-refractivity contribution < 1.29 is 19.6 Å². The van der Waals surface area contributed by atoms with E-state index in [1.165, 1.54) is 24.1 Å². The third-order valence-electron chi connectivity index (χ3n) is 5.63. The lowest BCUT2D eigenvalue weighted by Crippen LogP contribution is -2.33. The lowest BCUT2D eigenvalue weighted by atomic mass is 10.0. The van der Waals surface area contributed by atoms with Crippen LogP contribution in [0.5, 0.6) is 5.88 Å². The number of nitro benzene ring substituents is 1. The summed E-state index contributed by atoms with van der Waals surface area (Å²) in [6.45, 7) is 0.631. The van der Waals surface area contributed by atoms with Gasteiger partial charge in [0.15, 0.2) is 0 Å². The van der Waals surface area contributed by atoms with Crippen molar-refractivity contribution >= 4 is 51.8 Å². The highest BCUT2D eigenvalue weighted by Crippen LogP contribution is 2.37. The smallest absolute Gasteiger partial charge is 0.328 e. The number of nitrogens with one attached hydrogen (secondary N) is 2. The largest absolute Gasteiger partial charge is 0.494 e. The summed E-state index contributed by atoms with van der Waals surface area (Å²) in [6, 6.07) is 19.4. The van der Waals surface area contributed by atoms with Crippen molar-refractivity contribution in [3.05, 3.63) is 94.0 Å². The fraction of sp³-hybridized carbons (Fsp3) is 0.0800. The minimum absolute atomic E-state index is 0.0129. The topological polar surface area (TPSA) is 139 Å². The molecule has 0 spiro atoms. The van der Waals surface area contributed by atoms with Crippen LogP contribution in [0.25, 0.3) is 10.9 Å². The van der Waals surface area contributed by atoms with Gasteiger partial charge >= 0.3 is 6.03 Å². The Morgan fingerprint density at radius 1 is 1.03 bits per heavy atom. The third kappa shape index (κ3) is 4.21. The molecule has 0 fully saturated rings. The summed E-state index contributed by atoms with van der Waals surface area (Å²) < 4.78 is 4.20. The predicted molar refractivity (Wildman–Crippen MR) is 136 cm³/mol. The molecule has 180 valence electrons. The Kier molecular flexibility index (Phi) is 6.23. The molecule has 0 unspecified atom stereocenters. The number of benzene rings is 3. The molecule has 10 nitrogen and oxygen atoms in total. The molecule has 1 amide bonds. The molecule has 2 heterocycles. The van der Waals surface area contributed by atoms with E-state index in [1.54, 1.807) is 60.7 Å². The first-order chi connectivity index (χ1) is 17.5. The van der Waals surface area contributed by atoms with Crippen LogP contribution in [-0.2, 0) is 0 Å². The van der Waals surface area contributed by atoms with Crippen molar-refractivity contribution in [2.45, 2.75) is 4.90 Å². The second kappa shape index (κ2) is 9.64. The number of nitro groups is 1. The maximum Gasteiger partial charge on any atom is 0.328 e. The van der Waals surface area contributed by atoms with Gasteiger partial charge in [-0.2, -0.15) is 0 Å². The Morgan fingerprint density at radius 3 is 2.50 bits per heavy atom. The number of fused-ring (bicyclic) bond motifs is 2. The standard InChI is InChI=1S/C25H19N5O5S/c31-23-17-5-1-3-7-19(17)28-22(23)21-18-6-2-4-8-20(18)29(24(21)32)25(33)26-13-14-27-36-16-11-9-15(10-12-16)30(34)35/h1-12,27,32H,13-14H2,(H,26,33). The Bertz CT molecular complexity index is 1540. The highest BCUT2D eigenvalue weighted by atomic mass is 32.2. The van der Waals surface area contributed by atoms with Gasteiger partial charge in [0.25, 0.3) is 5.69 Å². The number of hydrogen-bond acceptors (Lipinski definition) is 8. The van der Waals surface area contributed by atoms with Crippen LogP contribution in [0.15, 0.2) is 82.7 Å². The fourth-order valence-electron chi connectivity index (χ4n) is 3.97. The van der Waals surface area contributed by atoms with Crippen LogP contribution in [0.1, 0.15) is 15.9 Å². The van der Waals surface area contributed by atoms with E-state index in [0.29, 0.717) is 28.7 Å². The Hall–Kier alpha value is -4.48. The van der Waals surface area contributed by atoms with Gasteiger partial charge in [0.2, 0.25) is 11.7 Å². The molecule has 0 saturated heterocycles. The molecule has 3 N–H and O–H groups in total. The first-order valence-electron chi connectivity index (χ1n) is 10.9. The van der Waals surface area contributed by atoms with Gasteiger partial charge in [0.1, 0.15) is 5.71 Å². The minimum Gasteiger partial charge on any atom is -0.494 e. The van der Waals surface area contributed by atoms with E-state index in [1.807, 2.05) is 0 Å². The average Bonchev–Trinajstić information content (AvgIpc) is 3.37. The van der Waals surface area contributed by atoms with Crippen molar-refractivity contribution in [2.24, 2.45) is 4.99 Å². The van der Waals surface area contributed by atoms with Crippen molar-refractivity contribution in [1.29, 1.82) is 0 Å². The molecule has 1 aromatic heterocycles. The van der Waals surface area contributed by atoms with Gasteiger partial charge < -0.3 is 10.4 Å². The maximum absolute atomic E-state index is 13.0. The highest BCUT2D eigenvalue weighted by Gasteiger charge is 2.32. The highest BCUT2D eigenvalue weighted by molar-refractivity contribution is 7.97. The molecular formula is C25H19N5O5S. The Labute approximate surface area is 208 Å². The number of aliphatic imine (C=N–C) groups is 1. The van der Waals surface area contributed by atoms with E-state index >= 15 is 0 Å². The number of nitrogens with zero attached hydrogens (tertiary/aromatic N) is 3. The predicted octanol–water partition coefficient (Wildman–Crippen LogP) is 4.43. The quantitative estimate of drug-likeness (QED) is 0.147. The molecule has 0 saturated carbocycles. The molecule has 0 aliphatic carbocycles. The molecule has 1 aliphatic heterocycles. The third-order valence-corrected chi connectivity index (χ3v) is 6.48. The normalized spacial score (nSPS) is 12.4. The van der Waals surface area contributed by atoms with Crippen LogP contribution in [-0.4, -0.2) is 45.2 Å². The number of Topliss-reactive ketones (excluding diaryl/α,β-unsaturated/α-hetero) is 1. The zero-order valence-corrected chi connectivity index (χ0v) is 19.5. The van der Waals surface area contributed by atoms with Crippen molar-refractivity contribution in [1.82, 2.24) is 14.6 Å². The van der Waals surface area contributed by atoms with Crippen molar-refractivity contribution in [3.8, 4) is 5.88 Å². The SMILES string of the molecule is O=C1C(c2c(O)n(C(=O)NCCNSc3ccc([N+](=O)[O-])cc3)c3ccccc23)=Nc2ccccc21. The minimum atomic E-state index is -0.555. The van der Waals surface area contributed by atoms with Gasteiger partial charge in [-0.05, 0) is 42.3 Å². The van der Waals surface area contributed by atoms with Crippen molar-refractivity contribution in [2.75, 3.05) is 13.1 Å². The van der Waals surface area contributed by atoms with E-state index in [-0.39, 0.29) is 35.2 Å². The van der Waals surface area contributed by atoms with Crippen LogP contribution in [0, 0.1) is 10.1 Å². The Morgan fingerprint density at radius 2 is 1.75 bits per heavy atom. The number of ketones is 1. The van der Waals surface area contributed by atoms with E-state index in [9.17, 15) is 24.8 Å². The van der Waals surface area contributed by atoms with E-state index in [2.05, 4.69) is 15.0 Å². The van der Waals surface area contributed by atoms with Gasteiger partial charge in [0, 0.05) is 41.1 Å². The van der Waals surface area contributed by atoms with E-state index in [4.69, 9.17) is 0 Å². The molecule has 0 radical (unpaired) electrons. The number of rotatable bonds is 7. The zero-order chi connectivity index (χ0) is 25.2. The van der Waals surface area contributed by atoms with Crippen LogP contribution in [0.3, 0.4) is 0 Å². The lowest BCUT2D eigenvalue weighted by molar-refractivity contribution is -0.384. The summed E-state index contributed by atoms with van der Waals surface area (Å²) in [4.78, 5) is 41.5. The number of aromatic hydroxyl groups is 1. The van der Waals surface area contributed by atoms with Gasteiger partial charge in [0.05, 0.1) is 21.7 Å². The summed E-state index contributed by atoms with van der Waals surface area (Å²) in [6.07, 6.45) is 0. The number of carbonyl (C=O) groups excluding carboxylic acids is 2. The average molecular weight is 502 g/mol. The first-order valence-corrected chi connectivity index (χ1v) is 11.7. The molecule has 4 aromatic rings. The van der Waals surface area contributed by atoms with E-state index < -0.39 is 11.0 Å². The number of para-hydroxylation sites is 2. The molecule has 36 heavy (non-hydrogen) atoms. The van der Waals surface area contributed by atoms with Gasteiger partial charge in [-0.25, -0.2) is 14.4 Å². The number of non-ortho nitro benzene ring substituents is 1. The number of hydrogen-bond donors (Lipinski definition) is 3. The fourth-order valence-corrected chi connectivity index (χ4v) is 4.61. The van der Waals surface area contributed by atoms with Crippen LogP contribution >= 0.6 is 11.9 Å². The zero-order valence-electron chi connectivity index (χ0n) is 18.7. The molecule has 0 bridgehead atoms.